The van der Waals surface area contributed by atoms with E-state index in [0.717, 1.165) is 16.3 Å². The van der Waals surface area contributed by atoms with Gasteiger partial charge in [-0.3, -0.25) is 19.8 Å². The van der Waals surface area contributed by atoms with Crippen molar-refractivity contribution in [2.75, 3.05) is 24.8 Å². The lowest BCUT2D eigenvalue weighted by molar-refractivity contribution is -0.130. The zero-order chi connectivity index (χ0) is 22.2. The Labute approximate surface area is 179 Å². The Morgan fingerprint density at radius 3 is 2.61 bits per heavy atom. The average Bonchev–Trinajstić information content (AvgIpc) is 2.77. The molecule has 0 aliphatic carbocycles. The molecular weight excluding hydrogens is 402 g/mol. The Morgan fingerprint density at radius 2 is 1.87 bits per heavy atom. The number of nitrogens with zero attached hydrogens (tertiary/aromatic N) is 1. The number of esters is 1. The van der Waals surface area contributed by atoms with E-state index >= 15 is 0 Å². The van der Waals surface area contributed by atoms with Gasteiger partial charge in [0.15, 0.2) is 6.61 Å². The Kier molecular flexibility index (Phi) is 7.21. The van der Waals surface area contributed by atoms with Crippen LogP contribution in [0.4, 0.5) is 5.69 Å². The van der Waals surface area contributed by atoms with Crippen molar-refractivity contribution in [3.63, 3.8) is 0 Å². The minimum absolute atomic E-state index is 0.126. The van der Waals surface area contributed by atoms with Crippen molar-refractivity contribution in [1.29, 1.82) is 0 Å². The van der Waals surface area contributed by atoms with E-state index in [0.29, 0.717) is 5.69 Å². The van der Waals surface area contributed by atoms with Crippen LogP contribution < -0.4 is 20.5 Å². The molecule has 9 nitrogen and oxygen atoms in total. The average molecular weight is 425 g/mol. The van der Waals surface area contributed by atoms with Gasteiger partial charge in [-0.1, -0.05) is 12.1 Å². The van der Waals surface area contributed by atoms with Gasteiger partial charge in [-0.25, -0.2) is 9.80 Å². The third-order valence-electron chi connectivity index (χ3n) is 4.43. The fraction of sp³-hybridized carbons (Fsp3) is 0.273. The minimum Gasteiger partial charge on any atom is -0.492 e. The molecule has 1 saturated heterocycles. The van der Waals surface area contributed by atoms with Gasteiger partial charge >= 0.3 is 5.97 Å². The predicted octanol–water partition coefficient (Wildman–Crippen LogP) is 1.51. The van der Waals surface area contributed by atoms with E-state index in [1.54, 1.807) is 0 Å². The van der Waals surface area contributed by atoms with E-state index < -0.39 is 18.5 Å². The maximum absolute atomic E-state index is 12.1. The third-order valence-corrected chi connectivity index (χ3v) is 4.43. The summed E-state index contributed by atoms with van der Waals surface area (Å²) in [6.45, 7) is 2.10. The molecule has 1 heterocycles. The van der Waals surface area contributed by atoms with Crippen LogP contribution in [0.2, 0.25) is 0 Å². The van der Waals surface area contributed by atoms with Gasteiger partial charge in [0.05, 0.1) is 17.8 Å². The first kappa shape index (κ1) is 21.8. The van der Waals surface area contributed by atoms with Gasteiger partial charge in [0.1, 0.15) is 12.4 Å². The predicted molar refractivity (Wildman–Crippen MR) is 111 cm³/mol. The smallest absolute Gasteiger partial charge is 0.338 e. The number of rotatable bonds is 8. The molecule has 3 amide bonds. The number of anilines is 1. The second-order valence-corrected chi connectivity index (χ2v) is 6.90. The Balaban J connectivity index is 1.40. The van der Waals surface area contributed by atoms with E-state index in [1.165, 1.54) is 24.3 Å². The van der Waals surface area contributed by atoms with Crippen LogP contribution in [0.25, 0.3) is 0 Å². The lowest BCUT2D eigenvalue weighted by atomic mass is 10.2. The first-order chi connectivity index (χ1) is 14.9. The maximum Gasteiger partial charge on any atom is 0.338 e. The van der Waals surface area contributed by atoms with Gasteiger partial charge in [0, 0.05) is 12.8 Å². The summed E-state index contributed by atoms with van der Waals surface area (Å²) in [5.74, 6) is -0.891. The fourth-order valence-corrected chi connectivity index (χ4v) is 2.86. The number of carbonyl (C=O) groups excluding carboxylic acids is 4. The molecule has 2 aromatic carbocycles. The Hall–Kier alpha value is -3.88. The molecule has 162 valence electrons. The first-order valence-electron chi connectivity index (χ1n) is 9.78. The zero-order valence-electron chi connectivity index (χ0n) is 17.1. The quantitative estimate of drug-likeness (QED) is 0.490. The first-order valence-corrected chi connectivity index (χ1v) is 9.78. The van der Waals surface area contributed by atoms with Crippen molar-refractivity contribution >= 4 is 29.4 Å². The highest BCUT2D eigenvalue weighted by Crippen LogP contribution is 2.18. The molecule has 0 spiro atoms. The maximum atomic E-state index is 12.1. The number of benzene rings is 2. The molecule has 0 unspecified atom stereocenters. The SMILES string of the molecule is Cc1cccc(OCCNC(=O)COC(=O)c2ccc(N3NC(=O)CCC3=O)cc2)c1. The Bertz CT molecular complexity index is 973. The number of ether oxygens (including phenoxy) is 2. The number of hydrogen-bond acceptors (Lipinski definition) is 6. The van der Waals surface area contributed by atoms with Gasteiger partial charge in [-0.15, -0.1) is 0 Å². The van der Waals surface area contributed by atoms with Crippen LogP contribution in [0.5, 0.6) is 5.75 Å². The summed E-state index contributed by atoms with van der Waals surface area (Å²) in [4.78, 5) is 47.3. The van der Waals surface area contributed by atoms with Crippen molar-refractivity contribution in [1.82, 2.24) is 10.7 Å². The van der Waals surface area contributed by atoms with Crippen molar-refractivity contribution in [3.05, 3.63) is 59.7 Å². The summed E-state index contributed by atoms with van der Waals surface area (Å²) in [7, 11) is 0. The second kappa shape index (κ2) is 10.2. The largest absolute Gasteiger partial charge is 0.492 e. The van der Waals surface area contributed by atoms with E-state index in [2.05, 4.69) is 10.7 Å². The normalized spacial score (nSPS) is 13.4. The molecule has 1 aliphatic rings. The lowest BCUT2D eigenvalue weighted by Gasteiger charge is -2.27. The lowest BCUT2D eigenvalue weighted by Crippen LogP contribution is -2.50. The number of hydrogen-bond donors (Lipinski definition) is 2. The molecule has 0 atom stereocenters. The molecule has 0 saturated carbocycles. The van der Waals surface area contributed by atoms with E-state index in [9.17, 15) is 19.2 Å². The summed E-state index contributed by atoms with van der Waals surface area (Å²) in [5.41, 5.74) is 4.20. The second-order valence-electron chi connectivity index (χ2n) is 6.90. The number of carbonyl (C=O) groups is 4. The summed E-state index contributed by atoms with van der Waals surface area (Å²) in [6, 6.07) is 13.5. The molecule has 1 aliphatic heterocycles. The van der Waals surface area contributed by atoms with Crippen LogP contribution in [-0.4, -0.2) is 43.4 Å². The van der Waals surface area contributed by atoms with Crippen LogP contribution in [0.15, 0.2) is 48.5 Å². The topological polar surface area (TPSA) is 114 Å². The van der Waals surface area contributed by atoms with Crippen molar-refractivity contribution in [3.8, 4) is 5.75 Å². The highest BCUT2D eigenvalue weighted by molar-refractivity contribution is 6.01. The molecule has 2 aromatic rings. The van der Waals surface area contributed by atoms with Crippen LogP contribution >= 0.6 is 0 Å². The van der Waals surface area contributed by atoms with Gasteiger partial charge < -0.3 is 14.8 Å². The molecular formula is C22H23N3O6. The van der Waals surface area contributed by atoms with Crippen molar-refractivity contribution in [2.24, 2.45) is 0 Å². The number of aryl methyl sites for hydroxylation is 1. The van der Waals surface area contributed by atoms with Crippen molar-refractivity contribution in [2.45, 2.75) is 19.8 Å². The molecule has 1 fully saturated rings. The third kappa shape index (κ3) is 6.30. The van der Waals surface area contributed by atoms with Crippen LogP contribution in [0, 0.1) is 6.92 Å². The molecule has 9 heteroatoms. The standard InChI is InChI=1S/C22H23N3O6/c1-15-3-2-4-18(13-15)30-12-11-23-20(27)14-31-22(29)16-5-7-17(8-6-16)25-21(28)10-9-19(26)24-25/h2-8,13H,9-12,14H2,1H3,(H,23,27)(H,24,26). The number of hydrazine groups is 1. The molecule has 0 bridgehead atoms. The summed E-state index contributed by atoms with van der Waals surface area (Å²) >= 11 is 0. The zero-order valence-corrected chi connectivity index (χ0v) is 17.1. The van der Waals surface area contributed by atoms with E-state index in [4.69, 9.17) is 9.47 Å². The molecule has 2 N–H and O–H groups in total. The molecule has 0 aromatic heterocycles. The number of amides is 3. The highest BCUT2D eigenvalue weighted by Gasteiger charge is 2.24. The number of nitrogens with one attached hydrogen (secondary N) is 2. The highest BCUT2D eigenvalue weighted by atomic mass is 16.5. The molecule has 0 radical (unpaired) electrons. The monoisotopic (exact) mass is 425 g/mol. The van der Waals surface area contributed by atoms with Gasteiger partial charge in [-0.05, 0) is 48.9 Å². The Morgan fingerprint density at radius 1 is 1.10 bits per heavy atom. The fourth-order valence-electron chi connectivity index (χ4n) is 2.86. The molecule has 3 rings (SSSR count). The van der Waals surface area contributed by atoms with Crippen molar-refractivity contribution < 1.29 is 28.7 Å². The molecule has 31 heavy (non-hydrogen) atoms. The summed E-state index contributed by atoms with van der Waals surface area (Å²) in [6.07, 6.45) is 0.278. The summed E-state index contributed by atoms with van der Waals surface area (Å²) < 4.78 is 10.5. The van der Waals surface area contributed by atoms with E-state index in [-0.39, 0.29) is 43.4 Å². The van der Waals surface area contributed by atoms with E-state index in [1.807, 2.05) is 31.2 Å². The van der Waals surface area contributed by atoms with Crippen LogP contribution in [0.1, 0.15) is 28.8 Å². The van der Waals surface area contributed by atoms with Gasteiger partial charge in [0.2, 0.25) is 11.8 Å². The van der Waals surface area contributed by atoms with Crippen LogP contribution in [-0.2, 0) is 19.1 Å². The van der Waals surface area contributed by atoms with Gasteiger partial charge in [-0.2, -0.15) is 0 Å². The van der Waals surface area contributed by atoms with Gasteiger partial charge in [0.25, 0.3) is 5.91 Å². The minimum atomic E-state index is -0.674. The van der Waals surface area contributed by atoms with Crippen LogP contribution in [0.3, 0.4) is 0 Å². The summed E-state index contributed by atoms with van der Waals surface area (Å²) in [5, 5.41) is 3.76.